The number of rotatable bonds is 8. The second-order valence-corrected chi connectivity index (χ2v) is 7.68. The van der Waals surface area contributed by atoms with Crippen molar-refractivity contribution in [3.8, 4) is 5.69 Å². The molecule has 3 amide bonds. The molecule has 0 radical (unpaired) electrons. The van der Waals surface area contributed by atoms with E-state index in [1.54, 1.807) is 20.1 Å². The summed E-state index contributed by atoms with van der Waals surface area (Å²) in [5.41, 5.74) is 1.71. The quantitative estimate of drug-likeness (QED) is 0.235. The van der Waals surface area contributed by atoms with Crippen LogP contribution in [0, 0.1) is 17.0 Å². The highest BCUT2D eigenvalue weighted by Gasteiger charge is 2.35. The molecular formula is C23H21N5O6. The molecule has 2 aromatic carbocycles. The fourth-order valence-electron chi connectivity index (χ4n) is 3.69. The first-order valence-corrected chi connectivity index (χ1v) is 10.4. The van der Waals surface area contributed by atoms with E-state index >= 15 is 0 Å². The van der Waals surface area contributed by atoms with Crippen LogP contribution in [0.2, 0.25) is 0 Å². The van der Waals surface area contributed by atoms with Crippen molar-refractivity contribution in [2.75, 3.05) is 25.6 Å². The lowest BCUT2D eigenvalue weighted by atomic mass is 10.1. The minimum absolute atomic E-state index is 0.0631. The Morgan fingerprint density at radius 2 is 1.79 bits per heavy atom. The van der Waals surface area contributed by atoms with Crippen LogP contribution in [0.15, 0.2) is 48.5 Å². The van der Waals surface area contributed by atoms with E-state index in [0.717, 1.165) is 4.90 Å². The number of fused-ring (bicyclic) bond motifs is 1. The van der Waals surface area contributed by atoms with E-state index in [1.165, 1.54) is 47.1 Å². The van der Waals surface area contributed by atoms with Crippen molar-refractivity contribution in [2.45, 2.75) is 13.3 Å². The molecule has 1 N–H and O–H groups in total. The summed E-state index contributed by atoms with van der Waals surface area (Å²) in [6.07, 6.45) is 0.515. The maximum atomic E-state index is 13.0. The number of non-ortho nitro benzene ring substituents is 1. The van der Waals surface area contributed by atoms with Gasteiger partial charge in [0.2, 0.25) is 0 Å². The lowest BCUT2D eigenvalue weighted by molar-refractivity contribution is -0.384. The predicted octanol–water partition coefficient (Wildman–Crippen LogP) is 2.97. The van der Waals surface area contributed by atoms with Crippen LogP contribution in [0.1, 0.15) is 43.2 Å². The first kappa shape index (κ1) is 22.8. The molecule has 0 fully saturated rings. The Morgan fingerprint density at radius 1 is 1.09 bits per heavy atom. The summed E-state index contributed by atoms with van der Waals surface area (Å²) < 4.78 is 6.43. The Labute approximate surface area is 194 Å². The summed E-state index contributed by atoms with van der Waals surface area (Å²) in [5, 5.41) is 18.0. The third-order valence-corrected chi connectivity index (χ3v) is 5.34. The van der Waals surface area contributed by atoms with Crippen molar-refractivity contribution in [2.24, 2.45) is 0 Å². The van der Waals surface area contributed by atoms with E-state index < -0.39 is 22.6 Å². The average molecular weight is 463 g/mol. The number of aromatic nitrogens is 2. The Kier molecular flexibility index (Phi) is 6.19. The number of nitrogens with zero attached hydrogens (tertiary/aromatic N) is 4. The van der Waals surface area contributed by atoms with E-state index in [1.807, 2.05) is 0 Å². The van der Waals surface area contributed by atoms with Gasteiger partial charge in [-0.15, -0.1) is 0 Å². The zero-order valence-electron chi connectivity index (χ0n) is 18.5. The number of ether oxygens (including phenoxy) is 1. The van der Waals surface area contributed by atoms with E-state index in [0.29, 0.717) is 30.2 Å². The number of nitro groups is 1. The van der Waals surface area contributed by atoms with Crippen molar-refractivity contribution in [3.63, 3.8) is 0 Å². The minimum Gasteiger partial charge on any atom is -0.385 e. The smallest absolute Gasteiger partial charge is 0.269 e. The van der Waals surface area contributed by atoms with Gasteiger partial charge in [-0.05, 0) is 43.7 Å². The monoisotopic (exact) mass is 463 g/mol. The lowest BCUT2D eigenvalue weighted by Crippen LogP contribution is -2.31. The normalized spacial score (nSPS) is 12.7. The van der Waals surface area contributed by atoms with Gasteiger partial charge in [0.15, 0.2) is 0 Å². The first-order chi connectivity index (χ1) is 16.3. The first-order valence-electron chi connectivity index (χ1n) is 10.4. The number of hydrogen-bond donors (Lipinski definition) is 1. The van der Waals surface area contributed by atoms with Crippen molar-refractivity contribution in [1.82, 2.24) is 14.7 Å². The van der Waals surface area contributed by atoms with Crippen LogP contribution in [-0.4, -0.2) is 57.6 Å². The molecule has 0 saturated carbocycles. The minimum atomic E-state index is -0.501. The largest absolute Gasteiger partial charge is 0.385 e. The number of amides is 3. The van der Waals surface area contributed by atoms with Gasteiger partial charge in [-0.2, -0.15) is 5.10 Å². The summed E-state index contributed by atoms with van der Waals surface area (Å²) in [6.45, 7) is 2.40. The predicted molar refractivity (Wildman–Crippen MR) is 121 cm³/mol. The summed E-state index contributed by atoms with van der Waals surface area (Å²) in [4.78, 5) is 49.8. The van der Waals surface area contributed by atoms with E-state index in [4.69, 9.17) is 4.74 Å². The van der Waals surface area contributed by atoms with Crippen LogP contribution < -0.4 is 5.32 Å². The second-order valence-electron chi connectivity index (χ2n) is 7.68. The molecule has 11 heteroatoms. The highest BCUT2D eigenvalue weighted by atomic mass is 16.6. The van der Waals surface area contributed by atoms with Crippen molar-refractivity contribution in [3.05, 3.63) is 81.0 Å². The molecular weight excluding hydrogens is 442 g/mol. The van der Waals surface area contributed by atoms with Crippen LogP contribution in [0.25, 0.3) is 5.69 Å². The number of aryl methyl sites for hydroxylation is 1. The summed E-state index contributed by atoms with van der Waals surface area (Å²) in [5.74, 6) is -0.989. The maximum absolute atomic E-state index is 13.0. The SMILES string of the molecule is COCCCN1C(=O)c2ccc(C(=O)Nc3cc(C)nn3-c3ccc([N+](=O)[O-])cc3)cc2C1=O. The Bertz CT molecular complexity index is 1300. The molecule has 1 aromatic heterocycles. The maximum Gasteiger partial charge on any atom is 0.269 e. The molecule has 0 saturated heterocycles. The van der Waals surface area contributed by atoms with E-state index in [9.17, 15) is 24.5 Å². The van der Waals surface area contributed by atoms with Gasteiger partial charge >= 0.3 is 0 Å². The van der Waals surface area contributed by atoms with E-state index in [2.05, 4.69) is 10.4 Å². The van der Waals surface area contributed by atoms with Gasteiger partial charge in [0.1, 0.15) is 5.82 Å². The molecule has 0 bridgehead atoms. The Balaban J connectivity index is 1.56. The van der Waals surface area contributed by atoms with Crippen LogP contribution >= 0.6 is 0 Å². The number of methoxy groups -OCH3 is 1. The zero-order chi connectivity index (χ0) is 24.4. The van der Waals surface area contributed by atoms with Gasteiger partial charge in [0, 0.05) is 44.0 Å². The summed E-state index contributed by atoms with van der Waals surface area (Å²) in [6, 6.07) is 11.8. The molecule has 0 spiro atoms. The van der Waals surface area contributed by atoms with Crippen LogP contribution in [0.4, 0.5) is 11.5 Å². The number of carbonyl (C=O) groups excluding carboxylic acids is 3. The molecule has 2 heterocycles. The number of nitrogens with one attached hydrogen (secondary N) is 1. The molecule has 0 aliphatic carbocycles. The molecule has 0 atom stereocenters. The number of imide groups is 1. The van der Waals surface area contributed by atoms with Crippen LogP contribution in [-0.2, 0) is 4.74 Å². The Morgan fingerprint density at radius 3 is 2.47 bits per heavy atom. The molecule has 0 unspecified atom stereocenters. The lowest BCUT2D eigenvalue weighted by Gasteiger charge is -2.12. The molecule has 1 aliphatic rings. The number of nitro benzene ring substituents is 1. The summed E-state index contributed by atoms with van der Waals surface area (Å²) in [7, 11) is 1.54. The molecule has 34 heavy (non-hydrogen) atoms. The van der Waals surface area contributed by atoms with Crippen molar-refractivity contribution < 1.29 is 24.0 Å². The van der Waals surface area contributed by atoms with Crippen molar-refractivity contribution in [1.29, 1.82) is 0 Å². The molecule has 3 aromatic rings. The second kappa shape index (κ2) is 9.24. The number of benzene rings is 2. The molecule has 174 valence electrons. The van der Waals surface area contributed by atoms with E-state index in [-0.39, 0.29) is 28.9 Å². The third kappa shape index (κ3) is 4.28. The number of carbonyl (C=O) groups is 3. The molecule has 4 rings (SSSR count). The molecule has 11 nitrogen and oxygen atoms in total. The van der Waals surface area contributed by atoms with Gasteiger partial charge in [0.25, 0.3) is 23.4 Å². The fourth-order valence-corrected chi connectivity index (χ4v) is 3.69. The third-order valence-electron chi connectivity index (χ3n) is 5.34. The highest BCUT2D eigenvalue weighted by Crippen LogP contribution is 2.25. The van der Waals surface area contributed by atoms with Crippen LogP contribution in [0.3, 0.4) is 0 Å². The number of anilines is 1. The van der Waals surface area contributed by atoms with Gasteiger partial charge in [0.05, 0.1) is 27.4 Å². The van der Waals surface area contributed by atoms with Crippen molar-refractivity contribution >= 4 is 29.2 Å². The van der Waals surface area contributed by atoms with Gasteiger partial charge in [-0.1, -0.05) is 0 Å². The Hall–Kier alpha value is -4.38. The van der Waals surface area contributed by atoms with Crippen LogP contribution in [0.5, 0.6) is 0 Å². The molecule has 1 aliphatic heterocycles. The number of hydrogen-bond acceptors (Lipinski definition) is 7. The fraction of sp³-hybridized carbons (Fsp3) is 0.217. The summed E-state index contributed by atoms with van der Waals surface area (Å²) >= 11 is 0. The van der Waals surface area contributed by atoms with Gasteiger partial charge < -0.3 is 10.1 Å². The van der Waals surface area contributed by atoms with Gasteiger partial charge in [-0.25, -0.2) is 4.68 Å². The zero-order valence-corrected chi connectivity index (χ0v) is 18.5. The average Bonchev–Trinajstić information content (AvgIpc) is 3.30. The standard InChI is InChI=1S/C23H21N5O6/c1-14-12-20(27(25-14)16-5-7-17(8-6-16)28(32)33)24-21(29)15-4-9-18-19(13-15)23(31)26(22(18)30)10-3-11-34-2/h4-9,12-13H,3,10-11H2,1-2H3,(H,24,29). The van der Waals surface area contributed by atoms with Gasteiger partial charge in [-0.3, -0.25) is 29.4 Å². The topological polar surface area (TPSA) is 137 Å². The highest BCUT2D eigenvalue weighted by molar-refractivity contribution is 6.22.